The van der Waals surface area contributed by atoms with Crippen LogP contribution in [0.3, 0.4) is 0 Å². The molecule has 0 unspecified atom stereocenters. The van der Waals surface area contributed by atoms with Gasteiger partial charge in [-0.1, -0.05) is 60.7 Å². The highest BCUT2D eigenvalue weighted by Gasteiger charge is 2.23. The van der Waals surface area contributed by atoms with E-state index >= 15 is 0 Å². The van der Waals surface area contributed by atoms with E-state index in [1.165, 1.54) is 24.1 Å². The SMILES string of the molecule is O=C(COc1cccc2ccc(N3CCC(Cc4ccccc4)CC3)nc12)N1CCN(c2ccccc2)CC1. The molecule has 2 aliphatic heterocycles. The van der Waals surface area contributed by atoms with Crippen molar-refractivity contribution in [1.82, 2.24) is 9.88 Å². The van der Waals surface area contributed by atoms with E-state index in [0.29, 0.717) is 24.8 Å². The van der Waals surface area contributed by atoms with Crippen molar-refractivity contribution >= 4 is 28.3 Å². The van der Waals surface area contributed by atoms with Crippen molar-refractivity contribution in [1.29, 1.82) is 0 Å². The molecule has 6 heteroatoms. The second kappa shape index (κ2) is 11.8. The first kappa shape index (κ1) is 25.2. The molecule has 6 nitrogen and oxygen atoms in total. The minimum atomic E-state index is 0.0244. The summed E-state index contributed by atoms with van der Waals surface area (Å²) in [6, 6.07) is 31.3. The lowest BCUT2D eigenvalue weighted by atomic mass is 9.90. The Morgan fingerprint density at radius 3 is 2.21 bits per heavy atom. The van der Waals surface area contributed by atoms with Gasteiger partial charge in [0.25, 0.3) is 5.91 Å². The van der Waals surface area contributed by atoms with Gasteiger partial charge in [0.2, 0.25) is 0 Å². The first-order chi connectivity index (χ1) is 19.2. The summed E-state index contributed by atoms with van der Waals surface area (Å²) in [5.41, 5.74) is 3.45. The van der Waals surface area contributed by atoms with Gasteiger partial charge in [0, 0.05) is 50.3 Å². The van der Waals surface area contributed by atoms with Crippen LogP contribution in [-0.4, -0.2) is 61.7 Å². The number of benzene rings is 3. The highest BCUT2D eigenvalue weighted by atomic mass is 16.5. The zero-order chi connectivity index (χ0) is 26.4. The average molecular weight is 521 g/mol. The molecule has 3 aromatic carbocycles. The quantitative estimate of drug-likeness (QED) is 0.326. The van der Waals surface area contributed by atoms with Crippen LogP contribution in [0.4, 0.5) is 11.5 Å². The van der Waals surface area contributed by atoms with Crippen molar-refractivity contribution in [3.8, 4) is 5.75 Å². The lowest BCUT2D eigenvalue weighted by Crippen LogP contribution is -2.50. The van der Waals surface area contributed by atoms with Crippen molar-refractivity contribution < 1.29 is 9.53 Å². The molecule has 0 radical (unpaired) electrons. The standard InChI is InChI=1S/C33H36N4O2/c38-32(37-22-20-35(21-23-37)29-11-5-2-6-12-29)25-39-30-13-7-10-28-14-15-31(34-33(28)30)36-18-16-27(17-19-36)24-26-8-3-1-4-9-26/h1-15,27H,16-25H2. The van der Waals surface area contributed by atoms with Crippen molar-refractivity contribution in [2.45, 2.75) is 19.3 Å². The van der Waals surface area contributed by atoms with Gasteiger partial charge in [-0.2, -0.15) is 0 Å². The molecular formula is C33H36N4O2. The van der Waals surface area contributed by atoms with Crippen LogP contribution in [0, 0.1) is 5.92 Å². The Morgan fingerprint density at radius 1 is 0.744 bits per heavy atom. The fourth-order valence-corrected chi connectivity index (χ4v) is 5.80. The number of carbonyl (C=O) groups is 1. The Bertz CT molecular complexity index is 1380. The zero-order valence-electron chi connectivity index (χ0n) is 22.4. The summed E-state index contributed by atoms with van der Waals surface area (Å²) in [6.45, 7) is 5.11. The molecule has 0 saturated carbocycles. The molecule has 2 saturated heterocycles. The molecule has 1 amide bonds. The van der Waals surface area contributed by atoms with Crippen LogP contribution in [0.25, 0.3) is 10.9 Å². The van der Waals surface area contributed by atoms with E-state index in [4.69, 9.17) is 9.72 Å². The van der Waals surface area contributed by atoms with Gasteiger partial charge in [-0.15, -0.1) is 0 Å². The molecule has 0 bridgehead atoms. The van der Waals surface area contributed by atoms with Crippen molar-refractivity contribution in [2.24, 2.45) is 5.92 Å². The molecule has 1 aromatic heterocycles. The fourth-order valence-electron chi connectivity index (χ4n) is 5.80. The van der Waals surface area contributed by atoms with Gasteiger partial charge >= 0.3 is 0 Å². The predicted octanol–water partition coefficient (Wildman–Crippen LogP) is 5.42. The third kappa shape index (κ3) is 6.00. The van der Waals surface area contributed by atoms with Crippen LogP contribution in [0.15, 0.2) is 91.0 Å². The predicted molar refractivity (Wildman–Crippen MR) is 158 cm³/mol. The van der Waals surface area contributed by atoms with E-state index < -0.39 is 0 Å². The van der Waals surface area contributed by atoms with Gasteiger partial charge in [-0.3, -0.25) is 4.79 Å². The summed E-state index contributed by atoms with van der Waals surface area (Å²) in [5, 5.41) is 1.03. The fraction of sp³-hybridized carbons (Fsp3) is 0.333. The van der Waals surface area contributed by atoms with Crippen molar-refractivity contribution in [3.63, 3.8) is 0 Å². The van der Waals surface area contributed by atoms with E-state index in [1.54, 1.807) is 0 Å². The number of para-hydroxylation sites is 2. The van der Waals surface area contributed by atoms with Gasteiger partial charge in [-0.25, -0.2) is 4.98 Å². The van der Waals surface area contributed by atoms with Gasteiger partial charge < -0.3 is 19.4 Å². The van der Waals surface area contributed by atoms with Crippen LogP contribution in [-0.2, 0) is 11.2 Å². The van der Waals surface area contributed by atoms with E-state index in [0.717, 1.165) is 49.3 Å². The largest absolute Gasteiger partial charge is 0.481 e. The maximum atomic E-state index is 13.0. The molecule has 0 spiro atoms. The van der Waals surface area contributed by atoms with E-state index in [1.807, 2.05) is 23.1 Å². The van der Waals surface area contributed by atoms with Crippen LogP contribution in [0.1, 0.15) is 18.4 Å². The monoisotopic (exact) mass is 520 g/mol. The normalized spacial score (nSPS) is 16.5. The van der Waals surface area contributed by atoms with Crippen LogP contribution in [0.2, 0.25) is 0 Å². The molecule has 0 aliphatic carbocycles. The number of anilines is 2. The zero-order valence-corrected chi connectivity index (χ0v) is 22.4. The Balaban J connectivity index is 1.06. The third-order valence-corrected chi connectivity index (χ3v) is 8.08. The Hall–Kier alpha value is -4.06. The van der Waals surface area contributed by atoms with Gasteiger partial charge in [-0.05, 0) is 61.1 Å². The van der Waals surface area contributed by atoms with Crippen molar-refractivity contribution in [3.05, 3.63) is 96.6 Å². The van der Waals surface area contributed by atoms with Crippen LogP contribution >= 0.6 is 0 Å². The van der Waals surface area contributed by atoms with E-state index in [-0.39, 0.29) is 12.5 Å². The Morgan fingerprint density at radius 2 is 1.46 bits per heavy atom. The number of aromatic nitrogens is 1. The number of piperazine rings is 1. The summed E-state index contributed by atoms with van der Waals surface area (Å²) < 4.78 is 6.09. The number of ether oxygens (including phenoxy) is 1. The highest BCUT2D eigenvalue weighted by molar-refractivity contribution is 5.86. The Kier molecular flexibility index (Phi) is 7.61. The first-order valence-corrected chi connectivity index (χ1v) is 14.1. The van der Waals surface area contributed by atoms with Crippen LogP contribution < -0.4 is 14.5 Å². The summed E-state index contributed by atoms with van der Waals surface area (Å²) >= 11 is 0. The number of hydrogen-bond donors (Lipinski definition) is 0. The molecule has 200 valence electrons. The number of carbonyl (C=O) groups excluding carboxylic acids is 1. The summed E-state index contributed by atoms with van der Waals surface area (Å²) in [4.78, 5) is 24.6. The van der Waals surface area contributed by atoms with Crippen LogP contribution in [0.5, 0.6) is 5.75 Å². The highest BCUT2D eigenvalue weighted by Crippen LogP contribution is 2.29. The molecule has 2 aliphatic rings. The molecule has 0 N–H and O–H groups in total. The number of fused-ring (bicyclic) bond motifs is 1. The van der Waals surface area contributed by atoms with E-state index in [2.05, 4.69) is 82.6 Å². The van der Waals surface area contributed by atoms with Gasteiger partial charge in [0.15, 0.2) is 6.61 Å². The Labute approximate surface area is 230 Å². The minimum absolute atomic E-state index is 0.0244. The summed E-state index contributed by atoms with van der Waals surface area (Å²) in [5.74, 6) is 2.39. The molecule has 39 heavy (non-hydrogen) atoms. The maximum absolute atomic E-state index is 13.0. The second-order valence-corrected chi connectivity index (χ2v) is 10.6. The smallest absolute Gasteiger partial charge is 0.260 e. The summed E-state index contributed by atoms with van der Waals surface area (Å²) in [6.07, 6.45) is 3.48. The second-order valence-electron chi connectivity index (χ2n) is 10.6. The number of piperidine rings is 1. The number of rotatable bonds is 7. The topological polar surface area (TPSA) is 48.9 Å². The number of hydrogen-bond acceptors (Lipinski definition) is 5. The average Bonchev–Trinajstić information content (AvgIpc) is 3.01. The van der Waals surface area contributed by atoms with Crippen molar-refractivity contribution in [2.75, 3.05) is 55.7 Å². The summed E-state index contributed by atoms with van der Waals surface area (Å²) in [7, 11) is 0. The molecule has 3 heterocycles. The number of nitrogens with zero attached hydrogens (tertiary/aromatic N) is 4. The van der Waals surface area contributed by atoms with Gasteiger partial charge in [0.1, 0.15) is 17.1 Å². The molecular weight excluding hydrogens is 484 g/mol. The maximum Gasteiger partial charge on any atom is 0.260 e. The lowest BCUT2D eigenvalue weighted by molar-refractivity contribution is -0.133. The number of amides is 1. The van der Waals surface area contributed by atoms with Gasteiger partial charge in [0.05, 0.1) is 0 Å². The first-order valence-electron chi connectivity index (χ1n) is 14.1. The molecule has 4 aromatic rings. The molecule has 2 fully saturated rings. The number of pyridine rings is 1. The molecule has 0 atom stereocenters. The van der Waals surface area contributed by atoms with E-state index in [9.17, 15) is 4.79 Å². The minimum Gasteiger partial charge on any atom is -0.481 e. The lowest BCUT2D eigenvalue weighted by Gasteiger charge is -2.36. The molecule has 6 rings (SSSR count). The third-order valence-electron chi connectivity index (χ3n) is 8.08.